The third-order valence-electron chi connectivity index (χ3n) is 3.76. The van der Waals surface area contributed by atoms with Crippen LogP contribution in [0.2, 0.25) is 0 Å². The summed E-state index contributed by atoms with van der Waals surface area (Å²) in [6, 6.07) is 8.92. The fraction of sp³-hybridized carbons (Fsp3) is 0.318. The van der Waals surface area contributed by atoms with Crippen LogP contribution in [0.3, 0.4) is 0 Å². The summed E-state index contributed by atoms with van der Waals surface area (Å²) >= 11 is 0. The minimum absolute atomic E-state index is 0.0120. The number of aromatic nitrogens is 3. The minimum atomic E-state index is -2.97. The maximum absolute atomic E-state index is 12.8. The van der Waals surface area contributed by atoms with Gasteiger partial charge in [-0.05, 0) is 48.7 Å². The van der Waals surface area contributed by atoms with Gasteiger partial charge in [0.05, 0.1) is 6.10 Å². The van der Waals surface area contributed by atoms with Gasteiger partial charge in [-0.25, -0.2) is 15.0 Å². The molecule has 0 saturated carbocycles. The van der Waals surface area contributed by atoms with E-state index in [4.69, 9.17) is 10.5 Å². The maximum Gasteiger partial charge on any atom is 0.388 e. The summed E-state index contributed by atoms with van der Waals surface area (Å²) in [5, 5.41) is 0. The molecule has 0 atom stereocenters. The number of hydrogen-bond acceptors (Lipinski definition) is 6. The lowest BCUT2D eigenvalue weighted by Crippen LogP contribution is -2.07. The van der Waals surface area contributed by atoms with Gasteiger partial charge >= 0.3 is 6.61 Å². The average molecular weight is 416 g/mol. The van der Waals surface area contributed by atoms with E-state index in [1.165, 1.54) is 6.20 Å². The van der Waals surface area contributed by atoms with Crippen LogP contribution >= 0.6 is 0 Å². The molecule has 2 N–H and O–H groups in total. The summed E-state index contributed by atoms with van der Waals surface area (Å²) in [6.45, 7) is 4.85. The molecule has 2 heterocycles. The van der Waals surface area contributed by atoms with Gasteiger partial charge in [0.25, 0.3) is 0 Å². The highest BCUT2D eigenvalue weighted by molar-refractivity contribution is 5.70. The fourth-order valence-electron chi connectivity index (χ4n) is 2.68. The predicted molar refractivity (Wildman–Crippen MR) is 113 cm³/mol. The molecule has 6 nitrogen and oxygen atoms in total. The Morgan fingerprint density at radius 1 is 0.933 bits per heavy atom. The van der Waals surface area contributed by atoms with Crippen LogP contribution in [0.5, 0.6) is 11.6 Å². The highest BCUT2D eigenvalue weighted by Crippen LogP contribution is 2.33. The van der Waals surface area contributed by atoms with Crippen molar-refractivity contribution in [2.75, 3.05) is 5.73 Å². The van der Waals surface area contributed by atoms with Crippen LogP contribution in [-0.4, -0.2) is 27.7 Å². The predicted octanol–water partition coefficient (Wildman–Crippen LogP) is 5.13. The lowest BCUT2D eigenvalue weighted by Gasteiger charge is -2.14. The van der Waals surface area contributed by atoms with E-state index in [0.717, 1.165) is 11.1 Å². The molecular weight excluding hydrogens is 390 g/mol. The van der Waals surface area contributed by atoms with Gasteiger partial charge in [-0.3, -0.25) is 0 Å². The molecule has 160 valence electrons. The van der Waals surface area contributed by atoms with Crippen LogP contribution in [0.1, 0.15) is 38.8 Å². The van der Waals surface area contributed by atoms with Crippen molar-refractivity contribution < 1.29 is 18.3 Å². The quantitative estimate of drug-likeness (QED) is 0.575. The number of ether oxygens (including phenoxy) is 2. The smallest absolute Gasteiger partial charge is 0.388 e. The molecule has 0 unspecified atom stereocenters. The van der Waals surface area contributed by atoms with Crippen LogP contribution in [0.15, 0.2) is 48.9 Å². The molecule has 0 fully saturated rings. The van der Waals surface area contributed by atoms with E-state index < -0.39 is 6.61 Å². The van der Waals surface area contributed by atoms with E-state index in [2.05, 4.69) is 19.7 Å². The Labute approximate surface area is 175 Å². The maximum atomic E-state index is 12.8. The molecule has 0 aliphatic carbocycles. The molecule has 3 aromatic rings. The monoisotopic (exact) mass is 416 g/mol. The standard InChI is InChI=1S/C20H20F2N4O2.C2H6/c1-12(2)27-16-5-3-4-15(8-16)17-7-13(9-24-18(17)28-19(21)22)6-14-10-25-20(23)26-11-14;1-2/h3-5,7-12,19H,6H2,1-2H3,(H2,23,25,26);1-2H3. The van der Waals surface area contributed by atoms with Crippen molar-refractivity contribution in [3.8, 4) is 22.8 Å². The number of anilines is 1. The zero-order valence-corrected chi connectivity index (χ0v) is 17.5. The summed E-state index contributed by atoms with van der Waals surface area (Å²) in [6.07, 6.45) is 5.18. The average Bonchev–Trinajstić information content (AvgIpc) is 2.72. The molecule has 2 aromatic heterocycles. The Morgan fingerprint density at radius 3 is 2.23 bits per heavy atom. The topological polar surface area (TPSA) is 83.2 Å². The van der Waals surface area contributed by atoms with Crippen LogP contribution < -0.4 is 15.2 Å². The summed E-state index contributed by atoms with van der Waals surface area (Å²) in [7, 11) is 0. The van der Waals surface area contributed by atoms with Crippen molar-refractivity contribution in [3.63, 3.8) is 0 Å². The zero-order valence-electron chi connectivity index (χ0n) is 17.5. The van der Waals surface area contributed by atoms with Gasteiger partial charge < -0.3 is 15.2 Å². The third-order valence-corrected chi connectivity index (χ3v) is 3.76. The first-order valence-corrected chi connectivity index (χ1v) is 9.68. The molecule has 0 saturated heterocycles. The molecule has 0 aliphatic rings. The largest absolute Gasteiger partial charge is 0.491 e. The summed E-state index contributed by atoms with van der Waals surface area (Å²) in [5.74, 6) is 0.673. The Hall–Kier alpha value is -3.29. The molecule has 0 aliphatic heterocycles. The van der Waals surface area contributed by atoms with E-state index in [-0.39, 0.29) is 17.9 Å². The summed E-state index contributed by atoms with van der Waals surface area (Å²) < 4.78 is 36.0. The Balaban J connectivity index is 0.00000155. The zero-order chi connectivity index (χ0) is 22.1. The number of nitrogens with zero attached hydrogens (tertiary/aromatic N) is 3. The molecule has 8 heteroatoms. The summed E-state index contributed by atoms with van der Waals surface area (Å²) in [5.41, 5.74) is 8.22. The van der Waals surface area contributed by atoms with Gasteiger partial charge in [-0.2, -0.15) is 8.78 Å². The highest BCUT2D eigenvalue weighted by Gasteiger charge is 2.15. The number of nitrogens with two attached hydrogens (primary N) is 1. The van der Waals surface area contributed by atoms with E-state index in [1.54, 1.807) is 42.7 Å². The van der Waals surface area contributed by atoms with Crippen molar-refractivity contribution >= 4 is 5.95 Å². The second-order valence-electron chi connectivity index (χ2n) is 6.40. The first kappa shape index (κ1) is 23.0. The van der Waals surface area contributed by atoms with Crippen LogP contribution in [-0.2, 0) is 6.42 Å². The number of hydrogen-bond donors (Lipinski definition) is 1. The lowest BCUT2D eigenvalue weighted by atomic mass is 10.0. The SMILES string of the molecule is CC.CC(C)Oc1cccc(-c2cc(Cc3cnc(N)nc3)cnc2OC(F)F)c1. The minimum Gasteiger partial charge on any atom is -0.491 e. The number of rotatable bonds is 7. The molecule has 0 bridgehead atoms. The first-order valence-electron chi connectivity index (χ1n) is 9.68. The van der Waals surface area contributed by atoms with Gasteiger partial charge in [0, 0.05) is 30.6 Å². The van der Waals surface area contributed by atoms with Crippen molar-refractivity contribution in [1.82, 2.24) is 15.0 Å². The second kappa shape index (κ2) is 11.0. The first-order chi connectivity index (χ1) is 14.4. The van der Waals surface area contributed by atoms with Gasteiger partial charge in [0.15, 0.2) is 0 Å². The van der Waals surface area contributed by atoms with Gasteiger partial charge in [-0.15, -0.1) is 0 Å². The fourth-order valence-corrected chi connectivity index (χ4v) is 2.68. The molecule has 1 aromatic carbocycles. The van der Waals surface area contributed by atoms with E-state index >= 15 is 0 Å². The van der Waals surface area contributed by atoms with Gasteiger partial charge in [-0.1, -0.05) is 26.0 Å². The molecule has 0 spiro atoms. The van der Waals surface area contributed by atoms with E-state index in [1.807, 2.05) is 27.7 Å². The van der Waals surface area contributed by atoms with Gasteiger partial charge in [0.2, 0.25) is 11.8 Å². The van der Waals surface area contributed by atoms with Gasteiger partial charge in [0.1, 0.15) is 5.75 Å². The van der Waals surface area contributed by atoms with Crippen LogP contribution in [0, 0.1) is 0 Å². The molecule has 3 rings (SSSR count). The summed E-state index contributed by atoms with van der Waals surface area (Å²) in [4.78, 5) is 12.0. The second-order valence-corrected chi connectivity index (χ2v) is 6.40. The van der Waals surface area contributed by atoms with Crippen LogP contribution in [0.4, 0.5) is 14.7 Å². The van der Waals surface area contributed by atoms with Crippen molar-refractivity contribution in [3.05, 3.63) is 60.0 Å². The number of benzene rings is 1. The van der Waals surface area contributed by atoms with E-state index in [0.29, 0.717) is 23.3 Å². The number of nitrogen functional groups attached to an aromatic ring is 1. The van der Waals surface area contributed by atoms with Crippen LogP contribution in [0.25, 0.3) is 11.1 Å². The molecular formula is C22H26F2N4O2. The normalized spacial score (nSPS) is 10.5. The molecule has 30 heavy (non-hydrogen) atoms. The lowest BCUT2D eigenvalue weighted by molar-refractivity contribution is -0.0524. The molecule has 0 radical (unpaired) electrons. The third kappa shape index (κ3) is 6.65. The number of alkyl halides is 2. The highest BCUT2D eigenvalue weighted by atomic mass is 19.3. The Bertz CT molecular complexity index is 935. The number of halogens is 2. The van der Waals surface area contributed by atoms with Crippen molar-refractivity contribution in [2.45, 2.75) is 46.8 Å². The van der Waals surface area contributed by atoms with E-state index in [9.17, 15) is 8.78 Å². The molecule has 0 amide bonds. The van der Waals surface area contributed by atoms with Crippen molar-refractivity contribution in [2.24, 2.45) is 0 Å². The number of pyridine rings is 1. The van der Waals surface area contributed by atoms with Crippen molar-refractivity contribution in [1.29, 1.82) is 0 Å². The Kier molecular flexibility index (Phi) is 8.46. The Morgan fingerprint density at radius 2 is 1.60 bits per heavy atom.